The van der Waals surface area contributed by atoms with Gasteiger partial charge in [-0.3, -0.25) is 0 Å². The fourth-order valence-corrected chi connectivity index (χ4v) is 3.70. The van der Waals surface area contributed by atoms with Crippen molar-refractivity contribution in [1.82, 2.24) is 4.90 Å². The number of likely N-dealkylation sites (tertiary alicyclic amines) is 1. The standard InChI is InChI=1S/C18H29NO/c1-5-16-7-6-8-19(11-16)12-17(20)18-14(3)9-13(2)10-15(18)4/h9-10,16-17,20H,5-8,11-12H2,1-4H3. The summed E-state index contributed by atoms with van der Waals surface area (Å²) in [6.07, 6.45) is 3.53. The Bertz CT molecular complexity index is 432. The second-order valence-corrected chi connectivity index (χ2v) is 6.50. The van der Waals surface area contributed by atoms with Gasteiger partial charge < -0.3 is 10.0 Å². The Labute approximate surface area is 123 Å². The van der Waals surface area contributed by atoms with E-state index in [1.807, 2.05) is 0 Å². The molecule has 2 rings (SSSR count). The Hall–Kier alpha value is -0.860. The lowest BCUT2D eigenvalue weighted by atomic mass is 9.93. The molecule has 1 fully saturated rings. The molecule has 1 heterocycles. The number of β-amino-alcohol motifs (C(OH)–C–C–N with tert-alkyl or cyclic N) is 1. The average Bonchev–Trinajstić information content (AvgIpc) is 2.37. The number of aliphatic hydroxyl groups is 1. The Morgan fingerprint density at radius 1 is 1.25 bits per heavy atom. The molecule has 0 aliphatic carbocycles. The van der Waals surface area contributed by atoms with Gasteiger partial charge in [-0.15, -0.1) is 0 Å². The third-order valence-corrected chi connectivity index (χ3v) is 4.68. The van der Waals surface area contributed by atoms with Crippen LogP contribution in [0.4, 0.5) is 0 Å². The molecular weight excluding hydrogens is 246 g/mol. The van der Waals surface area contributed by atoms with E-state index in [2.05, 4.69) is 44.7 Å². The first-order chi connectivity index (χ1) is 9.51. The number of aliphatic hydroxyl groups excluding tert-OH is 1. The molecule has 2 heteroatoms. The highest BCUT2D eigenvalue weighted by molar-refractivity contribution is 5.39. The maximum Gasteiger partial charge on any atom is 0.0922 e. The molecule has 1 saturated heterocycles. The molecule has 2 unspecified atom stereocenters. The Morgan fingerprint density at radius 2 is 1.90 bits per heavy atom. The minimum atomic E-state index is -0.355. The van der Waals surface area contributed by atoms with Gasteiger partial charge in [-0.1, -0.05) is 31.0 Å². The maximum absolute atomic E-state index is 10.6. The molecule has 1 aromatic rings. The summed E-state index contributed by atoms with van der Waals surface area (Å²) >= 11 is 0. The van der Waals surface area contributed by atoms with Crippen molar-refractivity contribution in [3.05, 3.63) is 34.4 Å². The van der Waals surface area contributed by atoms with Gasteiger partial charge >= 0.3 is 0 Å². The van der Waals surface area contributed by atoms with Gasteiger partial charge in [0.1, 0.15) is 0 Å². The quantitative estimate of drug-likeness (QED) is 0.904. The van der Waals surface area contributed by atoms with Gasteiger partial charge in [-0.05, 0) is 62.8 Å². The lowest BCUT2D eigenvalue weighted by molar-refractivity contribution is 0.0829. The van der Waals surface area contributed by atoms with E-state index in [0.29, 0.717) is 0 Å². The van der Waals surface area contributed by atoms with Gasteiger partial charge in [-0.25, -0.2) is 0 Å². The molecule has 2 nitrogen and oxygen atoms in total. The third-order valence-electron chi connectivity index (χ3n) is 4.68. The summed E-state index contributed by atoms with van der Waals surface area (Å²) in [6.45, 7) is 11.7. The van der Waals surface area contributed by atoms with Crippen molar-refractivity contribution in [3.63, 3.8) is 0 Å². The number of rotatable bonds is 4. The molecule has 0 amide bonds. The zero-order valence-electron chi connectivity index (χ0n) is 13.4. The molecule has 20 heavy (non-hydrogen) atoms. The summed E-state index contributed by atoms with van der Waals surface area (Å²) in [5, 5.41) is 10.6. The van der Waals surface area contributed by atoms with Crippen molar-refractivity contribution in [1.29, 1.82) is 0 Å². The summed E-state index contributed by atoms with van der Waals surface area (Å²) in [7, 11) is 0. The molecule has 2 atom stereocenters. The number of benzene rings is 1. The molecular formula is C18H29NO. The number of nitrogens with zero attached hydrogens (tertiary/aromatic N) is 1. The maximum atomic E-state index is 10.6. The first-order valence-electron chi connectivity index (χ1n) is 7.99. The monoisotopic (exact) mass is 275 g/mol. The largest absolute Gasteiger partial charge is 0.387 e. The van der Waals surface area contributed by atoms with E-state index >= 15 is 0 Å². The summed E-state index contributed by atoms with van der Waals surface area (Å²) in [5.41, 5.74) is 4.85. The predicted octanol–water partition coefficient (Wildman–Crippen LogP) is 3.77. The van der Waals surface area contributed by atoms with Crippen LogP contribution < -0.4 is 0 Å². The molecule has 0 saturated carbocycles. The highest BCUT2D eigenvalue weighted by Gasteiger charge is 2.22. The second-order valence-electron chi connectivity index (χ2n) is 6.50. The van der Waals surface area contributed by atoms with Crippen molar-refractivity contribution < 1.29 is 5.11 Å². The zero-order chi connectivity index (χ0) is 14.7. The van der Waals surface area contributed by atoms with Crippen LogP contribution in [0.15, 0.2) is 12.1 Å². The minimum absolute atomic E-state index is 0.355. The first-order valence-corrected chi connectivity index (χ1v) is 7.99. The van der Waals surface area contributed by atoms with Crippen LogP contribution in [0.1, 0.15) is 54.5 Å². The smallest absolute Gasteiger partial charge is 0.0922 e. The highest BCUT2D eigenvalue weighted by atomic mass is 16.3. The van der Waals surface area contributed by atoms with Gasteiger partial charge in [0.25, 0.3) is 0 Å². The van der Waals surface area contributed by atoms with Crippen LogP contribution in [0.25, 0.3) is 0 Å². The Kier molecular flexibility index (Phi) is 5.22. The van der Waals surface area contributed by atoms with Crippen LogP contribution in [-0.2, 0) is 0 Å². The minimum Gasteiger partial charge on any atom is -0.387 e. The van der Waals surface area contributed by atoms with Gasteiger partial charge in [0.05, 0.1) is 6.10 Å². The van der Waals surface area contributed by atoms with Crippen LogP contribution in [0.2, 0.25) is 0 Å². The number of aryl methyl sites for hydroxylation is 3. The SMILES string of the molecule is CCC1CCCN(CC(O)c2c(C)cc(C)cc2C)C1. The summed E-state index contributed by atoms with van der Waals surface area (Å²) in [4.78, 5) is 2.45. The van der Waals surface area contributed by atoms with Crippen molar-refractivity contribution in [2.45, 2.75) is 53.1 Å². The highest BCUT2D eigenvalue weighted by Crippen LogP contribution is 2.26. The van der Waals surface area contributed by atoms with E-state index in [-0.39, 0.29) is 6.10 Å². The topological polar surface area (TPSA) is 23.5 Å². The molecule has 1 N–H and O–H groups in total. The van der Waals surface area contributed by atoms with E-state index in [4.69, 9.17) is 0 Å². The van der Waals surface area contributed by atoms with E-state index < -0.39 is 0 Å². The van der Waals surface area contributed by atoms with E-state index in [9.17, 15) is 5.11 Å². The lowest BCUT2D eigenvalue weighted by Gasteiger charge is -2.34. The van der Waals surface area contributed by atoms with Crippen LogP contribution in [0, 0.1) is 26.7 Å². The summed E-state index contributed by atoms with van der Waals surface area (Å²) in [5.74, 6) is 0.816. The van der Waals surface area contributed by atoms with Gasteiger partial charge in [-0.2, -0.15) is 0 Å². The fraction of sp³-hybridized carbons (Fsp3) is 0.667. The van der Waals surface area contributed by atoms with Crippen molar-refractivity contribution in [2.75, 3.05) is 19.6 Å². The van der Waals surface area contributed by atoms with Crippen molar-refractivity contribution in [2.24, 2.45) is 5.92 Å². The van der Waals surface area contributed by atoms with Gasteiger partial charge in [0.2, 0.25) is 0 Å². The molecule has 0 radical (unpaired) electrons. The molecule has 1 aromatic carbocycles. The number of hydrogen-bond donors (Lipinski definition) is 1. The van der Waals surface area contributed by atoms with Crippen molar-refractivity contribution in [3.8, 4) is 0 Å². The van der Waals surface area contributed by atoms with E-state index in [1.165, 1.54) is 36.0 Å². The first kappa shape index (κ1) is 15.5. The third kappa shape index (κ3) is 3.62. The van der Waals surface area contributed by atoms with Gasteiger partial charge in [0, 0.05) is 13.1 Å². The Balaban J connectivity index is 2.06. The number of piperidine rings is 1. The zero-order valence-corrected chi connectivity index (χ0v) is 13.4. The predicted molar refractivity (Wildman–Crippen MR) is 85.1 cm³/mol. The Morgan fingerprint density at radius 3 is 2.50 bits per heavy atom. The summed E-state index contributed by atoms with van der Waals surface area (Å²) < 4.78 is 0. The average molecular weight is 275 g/mol. The fourth-order valence-electron chi connectivity index (χ4n) is 3.70. The van der Waals surface area contributed by atoms with Crippen LogP contribution in [0.3, 0.4) is 0 Å². The molecule has 0 spiro atoms. The van der Waals surface area contributed by atoms with Crippen molar-refractivity contribution >= 4 is 0 Å². The molecule has 1 aliphatic rings. The van der Waals surface area contributed by atoms with Crippen LogP contribution in [-0.4, -0.2) is 29.6 Å². The second kappa shape index (κ2) is 6.73. The van der Waals surface area contributed by atoms with Gasteiger partial charge in [0.15, 0.2) is 0 Å². The summed E-state index contributed by atoms with van der Waals surface area (Å²) in [6, 6.07) is 4.35. The lowest BCUT2D eigenvalue weighted by Crippen LogP contribution is -2.38. The number of hydrogen-bond acceptors (Lipinski definition) is 2. The van der Waals surface area contributed by atoms with E-state index in [0.717, 1.165) is 31.1 Å². The normalized spacial score (nSPS) is 21.9. The molecule has 1 aliphatic heterocycles. The molecule has 0 bridgehead atoms. The van der Waals surface area contributed by atoms with Crippen LogP contribution >= 0.6 is 0 Å². The molecule has 0 aromatic heterocycles. The molecule has 112 valence electrons. The van der Waals surface area contributed by atoms with E-state index in [1.54, 1.807) is 0 Å². The van der Waals surface area contributed by atoms with Crippen LogP contribution in [0.5, 0.6) is 0 Å².